The molecule has 3 aromatic rings. The summed E-state index contributed by atoms with van der Waals surface area (Å²) in [4.78, 5) is 13.6. The van der Waals surface area contributed by atoms with Crippen LogP contribution in [0.1, 0.15) is 24.0 Å². The van der Waals surface area contributed by atoms with Crippen LogP contribution < -0.4 is 15.3 Å². The van der Waals surface area contributed by atoms with E-state index in [4.69, 9.17) is 13.9 Å². The first-order valence-corrected chi connectivity index (χ1v) is 9.93. The van der Waals surface area contributed by atoms with Gasteiger partial charge in [-0.25, -0.2) is 4.79 Å². The van der Waals surface area contributed by atoms with Crippen LogP contribution in [-0.4, -0.2) is 26.0 Å². The fourth-order valence-corrected chi connectivity index (χ4v) is 4.45. The van der Waals surface area contributed by atoms with Gasteiger partial charge in [-0.05, 0) is 37.0 Å². The molecule has 5 heteroatoms. The molecule has 0 radical (unpaired) electrons. The Morgan fingerprint density at radius 3 is 2.82 bits per heavy atom. The molecule has 0 bridgehead atoms. The Bertz CT molecular complexity index is 1070. The average Bonchev–Trinajstić information content (AvgIpc) is 3.22. The normalized spacial score (nSPS) is 21.5. The van der Waals surface area contributed by atoms with Crippen LogP contribution in [0.15, 0.2) is 51.7 Å². The van der Waals surface area contributed by atoms with Crippen LogP contribution in [0.4, 0.5) is 0 Å². The summed E-state index contributed by atoms with van der Waals surface area (Å²) in [5.41, 5.74) is 4.27. The highest BCUT2D eigenvalue weighted by Gasteiger charge is 2.28. The first-order chi connectivity index (χ1) is 13.7. The molecular formula is C23H24NO4+. The molecule has 0 amide bonds. The Morgan fingerprint density at radius 2 is 2.04 bits per heavy atom. The van der Waals surface area contributed by atoms with Crippen molar-refractivity contribution in [2.45, 2.75) is 32.4 Å². The van der Waals surface area contributed by atoms with Crippen molar-refractivity contribution in [3.8, 4) is 16.9 Å². The summed E-state index contributed by atoms with van der Waals surface area (Å²) in [6.07, 6.45) is 2.62. The molecule has 2 aliphatic heterocycles. The number of fused-ring (bicyclic) bond motifs is 2. The Balaban J connectivity index is 1.59. The lowest BCUT2D eigenvalue weighted by Gasteiger charge is -2.29. The van der Waals surface area contributed by atoms with Gasteiger partial charge in [0, 0.05) is 29.2 Å². The molecule has 2 atom stereocenters. The largest absolute Gasteiger partial charge is 0.444 e. The molecule has 0 saturated carbocycles. The van der Waals surface area contributed by atoms with E-state index in [0.717, 1.165) is 65.9 Å². The predicted octanol–water partition coefficient (Wildman–Crippen LogP) is 2.68. The van der Waals surface area contributed by atoms with Gasteiger partial charge in [0.25, 0.3) is 0 Å². The molecule has 2 aliphatic rings. The summed E-state index contributed by atoms with van der Waals surface area (Å²) in [6, 6.07) is 13.7. The van der Waals surface area contributed by atoms with Gasteiger partial charge in [-0.3, -0.25) is 4.90 Å². The molecule has 1 unspecified atom stereocenters. The van der Waals surface area contributed by atoms with Crippen LogP contribution >= 0.6 is 0 Å². The summed E-state index contributed by atoms with van der Waals surface area (Å²) >= 11 is 0. The molecule has 0 spiro atoms. The number of quaternary nitrogens is 1. The van der Waals surface area contributed by atoms with Crippen molar-refractivity contribution in [3.05, 3.63) is 64.0 Å². The summed E-state index contributed by atoms with van der Waals surface area (Å²) < 4.78 is 17.5. The Labute approximate surface area is 163 Å². The molecule has 5 rings (SSSR count). The van der Waals surface area contributed by atoms with Gasteiger partial charge in [0.05, 0.1) is 0 Å². The van der Waals surface area contributed by atoms with E-state index in [9.17, 15) is 4.79 Å². The highest BCUT2D eigenvalue weighted by Crippen LogP contribution is 2.36. The number of ether oxygens (including phenoxy) is 2. The number of nitrogens with one attached hydrogen (secondary N) is 1. The molecule has 3 heterocycles. The van der Waals surface area contributed by atoms with Gasteiger partial charge in [0.1, 0.15) is 30.5 Å². The Morgan fingerprint density at radius 1 is 1.18 bits per heavy atom. The Kier molecular flexibility index (Phi) is 4.41. The fraction of sp³-hybridized carbons (Fsp3) is 0.348. The monoisotopic (exact) mass is 378 g/mol. The summed E-state index contributed by atoms with van der Waals surface area (Å²) in [5.74, 6) is 0.858. The first kappa shape index (κ1) is 17.5. The number of aryl methyl sites for hydroxylation is 1. The van der Waals surface area contributed by atoms with Gasteiger partial charge in [0.15, 0.2) is 0 Å². The lowest BCUT2D eigenvalue weighted by atomic mass is 9.97. The second-order valence-corrected chi connectivity index (χ2v) is 7.77. The van der Waals surface area contributed by atoms with Gasteiger partial charge in [-0.15, -0.1) is 0 Å². The molecule has 28 heavy (non-hydrogen) atoms. The highest BCUT2D eigenvalue weighted by molar-refractivity contribution is 5.96. The van der Waals surface area contributed by atoms with E-state index in [1.54, 1.807) is 6.07 Å². The van der Waals surface area contributed by atoms with Crippen LogP contribution in [-0.2, 0) is 11.3 Å². The number of hydrogen-bond acceptors (Lipinski definition) is 4. The maximum absolute atomic E-state index is 12.2. The van der Waals surface area contributed by atoms with Crippen LogP contribution in [0.5, 0.6) is 5.75 Å². The van der Waals surface area contributed by atoms with Crippen molar-refractivity contribution in [1.82, 2.24) is 0 Å². The molecule has 1 aromatic heterocycles. The number of rotatable bonds is 3. The van der Waals surface area contributed by atoms with E-state index in [1.165, 1.54) is 4.90 Å². The van der Waals surface area contributed by atoms with Crippen molar-refractivity contribution in [1.29, 1.82) is 0 Å². The van der Waals surface area contributed by atoms with E-state index >= 15 is 0 Å². The van der Waals surface area contributed by atoms with E-state index < -0.39 is 0 Å². The third-order valence-corrected chi connectivity index (χ3v) is 5.78. The molecule has 1 N–H and O–H groups in total. The van der Waals surface area contributed by atoms with E-state index in [0.29, 0.717) is 18.4 Å². The molecule has 1 saturated heterocycles. The van der Waals surface area contributed by atoms with Crippen molar-refractivity contribution < 1.29 is 18.8 Å². The molecule has 0 aliphatic carbocycles. The quantitative estimate of drug-likeness (QED) is 0.712. The minimum absolute atomic E-state index is 0.333. The number of benzene rings is 2. The van der Waals surface area contributed by atoms with Gasteiger partial charge in [-0.2, -0.15) is 0 Å². The van der Waals surface area contributed by atoms with E-state index in [2.05, 4.69) is 6.07 Å². The lowest BCUT2D eigenvalue weighted by Crippen LogP contribution is -3.13. The molecular weight excluding hydrogens is 354 g/mol. The predicted molar refractivity (Wildman–Crippen MR) is 107 cm³/mol. The second-order valence-electron chi connectivity index (χ2n) is 7.77. The molecule has 5 nitrogen and oxygen atoms in total. The maximum atomic E-state index is 12.2. The summed E-state index contributed by atoms with van der Waals surface area (Å²) in [5, 5.41) is 0.962. The fourth-order valence-electron chi connectivity index (χ4n) is 4.45. The van der Waals surface area contributed by atoms with Crippen molar-refractivity contribution in [2.75, 3.05) is 19.9 Å². The minimum Gasteiger partial charge on any atom is -0.444 e. The van der Waals surface area contributed by atoms with Crippen LogP contribution in [0.25, 0.3) is 22.1 Å². The van der Waals surface area contributed by atoms with Gasteiger partial charge in [-0.1, -0.05) is 30.3 Å². The van der Waals surface area contributed by atoms with Crippen molar-refractivity contribution >= 4 is 11.0 Å². The van der Waals surface area contributed by atoms with Crippen molar-refractivity contribution in [3.63, 3.8) is 0 Å². The van der Waals surface area contributed by atoms with Crippen molar-refractivity contribution in [2.24, 2.45) is 0 Å². The second kappa shape index (κ2) is 7.08. The molecule has 144 valence electrons. The third-order valence-electron chi connectivity index (χ3n) is 5.78. The third kappa shape index (κ3) is 3.11. The number of hydrogen-bond donors (Lipinski definition) is 1. The average molecular weight is 378 g/mol. The summed E-state index contributed by atoms with van der Waals surface area (Å²) in [7, 11) is 0. The molecule has 2 aromatic carbocycles. The van der Waals surface area contributed by atoms with Gasteiger partial charge in [0.2, 0.25) is 6.73 Å². The smallest absolute Gasteiger partial charge is 0.336 e. The summed E-state index contributed by atoms with van der Waals surface area (Å²) in [6.45, 7) is 5.32. The topological polar surface area (TPSA) is 53.1 Å². The SMILES string of the molecule is Cc1c2c(cc3c(-c4ccccc4)cc(=O)oc13)C[NH+](C[C@@H]1CCCO1)CO2. The van der Waals surface area contributed by atoms with Crippen LogP contribution in [0.3, 0.4) is 0 Å². The van der Waals surface area contributed by atoms with E-state index in [1.807, 2.05) is 37.3 Å². The first-order valence-electron chi connectivity index (χ1n) is 9.93. The van der Waals surface area contributed by atoms with Crippen LogP contribution in [0.2, 0.25) is 0 Å². The zero-order valence-electron chi connectivity index (χ0n) is 16.0. The van der Waals surface area contributed by atoms with Gasteiger partial charge >= 0.3 is 5.63 Å². The standard InChI is InChI=1S/C23H23NO4/c1-15-22-17(12-24(14-27-22)13-18-8-5-9-26-18)10-20-19(11-21(25)28-23(15)20)16-6-3-2-4-7-16/h2-4,6-7,10-11,18H,5,8-9,12-14H2,1H3/p+1/t18-/m0/s1. The molecule has 1 fully saturated rings. The Hall–Kier alpha value is -2.63. The van der Waals surface area contributed by atoms with Crippen LogP contribution in [0, 0.1) is 6.92 Å². The van der Waals surface area contributed by atoms with E-state index in [-0.39, 0.29) is 5.63 Å². The van der Waals surface area contributed by atoms with Gasteiger partial charge < -0.3 is 13.9 Å². The highest BCUT2D eigenvalue weighted by atomic mass is 16.5. The zero-order chi connectivity index (χ0) is 19.1. The maximum Gasteiger partial charge on any atom is 0.336 e. The lowest BCUT2D eigenvalue weighted by molar-refractivity contribution is -0.935. The zero-order valence-corrected chi connectivity index (χ0v) is 16.0. The minimum atomic E-state index is -0.337.